The van der Waals surface area contributed by atoms with Crippen molar-refractivity contribution in [2.75, 3.05) is 4.90 Å². The minimum Gasteiger partial charge on any atom is -0.294 e. The van der Waals surface area contributed by atoms with Crippen LogP contribution in [0.2, 0.25) is 0 Å². The first kappa shape index (κ1) is 13.3. The number of amides is 1. The lowest BCUT2D eigenvalue weighted by atomic mass is 10.1. The Morgan fingerprint density at radius 2 is 2.00 bits per heavy atom. The number of carbonyl (C=O) groups is 2. The Morgan fingerprint density at radius 1 is 1.24 bits per heavy atom. The zero-order valence-corrected chi connectivity index (χ0v) is 10.5. The number of halogens is 3. The molecule has 0 saturated heterocycles. The number of hydrogen-bond donors (Lipinski definition) is 0. The van der Waals surface area contributed by atoms with Gasteiger partial charge in [0.15, 0.2) is 0 Å². The van der Waals surface area contributed by atoms with E-state index in [1.54, 1.807) is 0 Å². The zero-order valence-electron chi connectivity index (χ0n) is 10.5. The number of para-hydroxylation sites is 1. The molecule has 1 aromatic carbocycles. The fraction of sp³-hybridized carbons (Fsp3) is 0.154. The molecule has 0 spiro atoms. The number of nitrogens with zero attached hydrogens (tertiary/aromatic N) is 3. The second-order valence-corrected chi connectivity index (χ2v) is 4.38. The SMILES string of the molecule is O=C1C(=O)N(Cc2nccn2C(F)F)c2c(F)cccc21. The van der Waals surface area contributed by atoms with E-state index in [9.17, 15) is 22.8 Å². The van der Waals surface area contributed by atoms with Crippen LogP contribution in [-0.2, 0) is 11.3 Å². The van der Waals surface area contributed by atoms with Gasteiger partial charge in [-0.25, -0.2) is 9.37 Å². The Morgan fingerprint density at radius 3 is 2.71 bits per heavy atom. The van der Waals surface area contributed by atoms with E-state index in [0.717, 1.165) is 23.4 Å². The van der Waals surface area contributed by atoms with E-state index < -0.39 is 30.6 Å². The fourth-order valence-electron chi connectivity index (χ4n) is 2.25. The summed E-state index contributed by atoms with van der Waals surface area (Å²) in [6.07, 6.45) is 2.19. The summed E-state index contributed by atoms with van der Waals surface area (Å²) in [7, 11) is 0. The minimum atomic E-state index is -2.84. The summed E-state index contributed by atoms with van der Waals surface area (Å²) in [6, 6.07) is 3.72. The topological polar surface area (TPSA) is 55.2 Å². The van der Waals surface area contributed by atoms with Gasteiger partial charge < -0.3 is 0 Å². The summed E-state index contributed by atoms with van der Waals surface area (Å²) in [5.74, 6) is -2.72. The van der Waals surface area contributed by atoms with Crippen LogP contribution in [0.1, 0.15) is 22.7 Å². The molecule has 21 heavy (non-hydrogen) atoms. The zero-order chi connectivity index (χ0) is 15.1. The quantitative estimate of drug-likeness (QED) is 0.815. The molecule has 0 radical (unpaired) electrons. The van der Waals surface area contributed by atoms with Gasteiger partial charge in [0.05, 0.1) is 17.8 Å². The molecule has 0 saturated carbocycles. The Hall–Kier alpha value is -2.64. The lowest BCUT2D eigenvalue weighted by Gasteiger charge is -2.17. The van der Waals surface area contributed by atoms with Crippen LogP contribution in [-0.4, -0.2) is 21.2 Å². The van der Waals surface area contributed by atoms with Gasteiger partial charge in [0.25, 0.3) is 11.7 Å². The average molecular weight is 295 g/mol. The minimum absolute atomic E-state index is 0.0739. The van der Waals surface area contributed by atoms with Crippen molar-refractivity contribution in [3.63, 3.8) is 0 Å². The Bertz CT molecular complexity index is 742. The molecule has 0 bridgehead atoms. The average Bonchev–Trinajstić information content (AvgIpc) is 2.99. The second kappa shape index (κ2) is 4.72. The lowest BCUT2D eigenvalue weighted by Crippen LogP contribution is -2.31. The number of imidazole rings is 1. The maximum Gasteiger partial charge on any atom is 0.319 e. The molecule has 108 valence electrons. The van der Waals surface area contributed by atoms with Crippen LogP contribution in [0.15, 0.2) is 30.6 Å². The van der Waals surface area contributed by atoms with Gasteiger partial charge >= 0.3 is 6.55 Å². The molecule has 0 unspecified atom stereocenters. The van der Waals surface area contributed by atoms with Crippen molar-refractivity contribution < 1.29 is 22.8 Å². The smallest absolute Gasteiger partial charge is 0.294 e. The number of alkyl halides is 2. The molecule has 0 aliphatic carbocycles. The number of aromatic nitrogens is 2. The molecule has 5 nitrogen and oxygen atoms in total. The van der Waals surface area contributed by atoms with Gasteiger partial charge in [-0.1, -0.05) is 6.07 Å². The molecule has 1 aliphatic rings. The third-order valence-electron chi connectivity index (χ3n) is 3.20. The predicted molar refractivity (Wildman–Crippen MR) is 65.4 cm³/mol. The summed E-state index contributed by atoms with van der Waals surface area (Å²) >= 11 is 0. The van der Waals surface area contributed by atoms with E-state index in [0.29, 0.717) is 4.57 Å². The Balaban J connectivity index is 2.03. The number of carbonyl (C=O) groups excluding carboxylic acids is 2. The molecule has 2 aromatic rings. The van der Waals surface area contributed by atoms with Crippen molar-refractivity contribution in [1.29, 1.82) is 0 Å². The standard InChI is InChI=1S/C13H8F3N3O2/c14-8-3-1-2-7-10(8)19(12(21)11(7)20)6-9-17-4-5-18(9)13(15)16/h1-5,13H,6H2. The highest BCUT2D eigenvalue weighted by molar-refractivity contribution is 6.52. The van der Waals surface area contributed by atoms with E-state index in [2.05, 4.69) is 4.98 Å². The summed E-state index contributed by atoms with van der Waals surface area (Å²) in [5.41, 5.74) is -0.272. The summed E-state index contributed by atoms with van der Waals surface area (Å²) < 4.78 is 39.9. The van der Waals surface area contributed by atoms with Crippen LogP contribution in [0.3, 0.4) is 0 Å². The van der Waals surface area contributed by atoms with Gasteiger partial charge in [0, 0.05) is 12.4 Å². The number of anilines is 1. The highest BCUT2D eigenvalue weighted by atomic mass is 19.3. The van der Waals surface area contributed by atoms with Crippen molar-refractivity contribution in [1.82, 2.24) is 9.55 Å². The van der Waals surface area contributed by atoms with E-state index in [1.807, 2.05) is 0 Å². The third kappa shape index (κ3) is 1.99. The lowest BCUT2D eigenvalue weighted by molar-refractivity contribution is -0.114. The molecular weight excluding hydrogens is 287 g/mol. The molecule has 3 rings (SSSR count). The molecule has 1 amide bonds. The van der Waals surface area contributed by atoms with Crippen LogP contribution >= 0.6 is 0 Å². The monoisotopic (exact) mass is 295 g/mol. The van der Waals surface area contributed by atoms with Crippen molar-refractivity contribution in [3.05, 3.63) is 47.8 Å². The summed E-state index contributed by atoms with van der Waals surface area (Å²) in [5, 5.41) is 0. The molecule has 8 heteroatoms. The van der Waals surface area contributed by atoms with Crippen LogP contribution in [0.5, 0.6) is 0 Å². The number of Topliss-reactive ketones (excluding diaryl/α,β-unsaturated/α-hetero) is 1. The first-order chi connectivity index (χ1) is 10.0. The predicted octanol–water partition coefficient (Wildman–Crippen LogP) is 2.15. The maximum atomic E-state index is 13.9. The highest BCUT2D eigenvalue weighted by Crippen LogP contribution is 2.32. The first-order valence-electron chi connectivity index (χ1n) is 5.95. The van der Waals surface area contributed by atoms with Gasteiger partial charge in [-0.3, -0.25) is 19.1 Å². The molecule has 1 aromatic heterocycles. The van der Waals surface area contributed by atoms with Gasteiger partial charge in [-0.2, -0.15) is 8.78 Å². The van der Waals surface area contributed by atoms with Crippen LogP contribution in [0.4, 0.5) is 18.9 Å². The normalized spacial score (nSPS) is 14.2. The number of fused-ring (bicyclic) bond motifs is 1. The largest absolute Gasteiger partial charge is 0.319 e. The van der Waals surface area contributed by atoms with E-state index >= 15 is 0 Å². The van der Waals surface area contributed by atoms with Crippen LogP contribution < -0.4 is 4.90 Å². The maximum absolute atomic E-state index is 13.9. The second-order valence-electron chi connectivity index (χ2n) is 4.38. The highest BCUT2D eigenvalue weighted by Gasteiger charge is 2.38. The van der Waals surface area contributed by atoms with Crippen molar-refractivity contribution in [3.8, 4) is 0 Å². The number of hydrogen-bond acceptors (Lipinski definition) is 3. The van der Waals surface area contributed by atoms with Gasteiger partial charge in [-0.15, -0.1) is 0 Å². The van der Waals surface area contributed by atoms with Gasteiger partial charge in [0.2, 0.25) is 0 Å². The van der Waals surface area contributed by atoms with Gasteiger partial charge in [-0.05, 0) is 12.1 Å². The van der Waals surface area contributed by atoms with Crippen LogP contribution in [0, 0.1) is 5.82 Å². The van der Waals surface area contributed by atoms with Crippen molar-refractivity contribution in [2.24, 2.45) is 0 Å². The molecule has 1 aliphatic heterocycles. The summed E-state index contributed by atoms with van der Waals surface area (Å²) in [6.45, 7) is -3.24. The molecule has 2 heterocycles. The van der Waals surface area contributed by atoms with Gasteiger partial charge in [0.1, 0.15) is 11.6 Å². The number of ketones is 1. The molecule has 0 fully saturated rings. The Kier molecular flexibility index (Phi) is 3.00. The third-order valence-corrected chi connectivity index (χ3v) is 3.20. The first-order valence-corrected chi connectivity index (χ1v) is 5.95. The Labute approximate surface area is 116 Å². The summed E-state index contributed by atoms with van der Waals surface area (Å²) in [4.78, 5) is 28.2. The molecule has 0 atom stereocenters. The van der Waals surface area contributed by atoms with E-state index in [-0.39, 0.29) is 17.1 Å². The van der Waals surface area contributed by atoms with E-state index in [4.69, 9.17) is 0 Å². The molecular formula is C13H8F3N3O2. The van der Waals surface area contributed by atoms with Crippen molar-refractivity contribution in [2.45, 2.75) is 13.1 Å². The molecule has 0 N–H and O–H groups in total. The fourth-order valence-corrected chi connectivity index (χ4v) is 2.25. The number of benzene rings is 1. The van der Waals surface area contributed by atoms with Crippen molar-refractivity contribution >= 4 is 17.4 Å². The van der Waals surface area contributed by atoms with E-state index in [1.165, 1.54) is 12.1 Å². The number of rotatable bonds is 3. The van der Waals surface area contributed by atoms with Crippen LogP contribution in [0.25, 0.3) is 0 Å².